The minimum atomic E-state index is -0.208. The van der Waals surface area contributed by atoms with Crippen LogP contribution in [0.15, 0.2) is 18.2 Å². The van der Waals surface area contributed by atoms with E-state index in [-0.39, 0.29) is 24.3 Å². The second-order valence-electron chi connectivity index (χ2n) is 5.53. The van der Waals surface area contributed by atoms with E-state index in [0.717, 1.165) is 29.7 Å². The van der Waals surface area contributed by atoms with Crippen LogP contribution in [-0.2, 0) is 14.3 Å². The highest BCUT2D eigenvalue weighted by molar-refractivity contribution is 5.94. The first kappa shape index (κ1) is 15.5. The Hall–Kier alpha value is -1.88. The van der Waals surface area contributed by atoms with Gasteiger partial charge in [-0.05, 0) is 49.9 Å². The summed E-state index contributed by atoms with van der Waals surface area (Å²) in [6.07, 6.45) is 1.45. The predicted octanol–water partition coefficient (Wildman–Crippen LogP) is 1.78. The lowest BCUT2D eigenvalue weighted by Gasteiger charge is -2.21. The monoisotopic (exact) mass is 290 g/mol. The van der Waals surface area contributed by atoms with Crippen molar-refractivity contribution in [2.75, 3.05) is 25.1 Å². The van der Waals surface area contributed by atoms with Crippen molar-refractivity contribution < 1.29 is 14.3 Å². The molecule has 1 aromatic rings. The van der Waals surface area contributed by atoms with Gasteiger partial charge in [-0.1, -0.05) is 6.07 Å². The molecule has 0 bridgehead atoms. The smallest absolute Gasteiger partial charge is 0.243 e. The van der Waals surface area contributed by atoms with Gasteiger partial charge in [0.2, 0.25) is 11.8 Å². The Kier molecular flexibility index (Phi) is 5.33. The lowest BCUT2D eigenvalue weighted by Crippen LogP contribution is -2.38. The van der Waals surface area contributed by atoms with Crippen LogP contribution in [0.3, 0.4) is 0 Å². The van der Waals surface area contributed by atoms with Crippen LogP contribution < -0.4 is 10.6 Å². The van der Waals surface area contributed by atoms with Gasteiger partial charge >= 0.3 is 0 Å². The third-order valence-corrected chi connectivity index (χ3v) is 3.52. The van der Waals surface area contributed by atoms with E-state index in [1.807, 2.05) is 32.0 Å². The van der Waals surface area contributed by atoms with Gasteiger partial charge in [-0.15, -0.1) is 0 Å². The van der Waals surface area contributed by atoms with Crippen molar-refractivity contribution in [1.29, 1.82) is 0 Å². The molecule has 21 heavy (non-hydrogen) atoms. The first-order chi connectivity index (χ1) is 10.0. The van der Waals surface area contributed by atoms with Crippen molar-refractivity contribution in [3.8, 4) is 0 Å². The molecule has 2 amide bonds. The molecular weight excluding hydrogens is 268 g/mol. The topological polar surface area (TPSA) is 67.4 Å². The highest BCUT2D eigenvalue weighted by Gasteiger charge is 2.21. The van der Waals surface area contributed by atoms with Crippen LogP contribution in [0.25, 0.3) is 0 Å². The molecular formula is C16H22N2O3. The van der Waals surface area contributed by atoms with E-state index >= 15 is 0 Å². The molecule has 0 aromatic heterocycles. The summed E-state index contributed by atoms with van der Waals surface area (Å²) in [4.78, 5) is 23.8. The van der Waals surface area contributed by atoms with Gasteiger partial charge in [0.25, 0.3) is 0 Å². The van der Waals surface area contributed by atoms with Crippen molar-refractivity contribution >= 4 is 17.5 Å². The van der Waals surface area contributed by atoms with Crippen LogP contribution in [-0.4, -0.2) is 31.6 Å². The summed E-state index contributed by atoms with van der Waals surface area (Å²) in [7, 11) is 0. The Morgan fingerprint density at radius 1 is 1.14 bits per heavy atom. The Morgan fingerprint density at radius 3 is 2.38 bits per heavy atom. The molecule has 1 heterocycles. The molecule has 0 atom stereocenters. The highest BCUT2D eigenvalue weighted by Crippen LogP contribution is 2.15. The molecule has 5 nitrogen and oxygen atoms in total. The fourth-order valence-electron chi connectivity index (χ4n) is 2.52. The Morgan fingerprint density at radius 2 is 1.76 bits per heavy atom. The SMILES string of the molecule is Cc1cc(C)cc(NC(=O)CNC(=O)C2CCOCC2)c1. The standard InChI is InChI=1S/C16H22N2O3/c1-11-7-12(2)9-14(8-11)18-15(19)10-17-16(20)13-3-5-21-6-4-13/h7-9,13H,3-6,10H2,1-2H3,(H,17,20)(H,18,19). The summed E-state index contributed by atoms with van der Waals surface area (Å²) in [5, 5.41) is 5.50. The van der Waals surface area contributed by atoms with E-state index in [1.165, 1.54) is 0 Å². The number of amides is 2. The number of anilines is 1. The zero-order valence-electron chi connectivity index (χ0n) is 12.6. The van der Waals surface area contributed by atoms with E-state index in [0.29, 0.717) is 13.2 Å². The maximum Gasteiger partial charge on any atom is 0.243 e. The summed E-state index contributed by atoms with van der Waals surface area (Å²) in [5.41, 5.74) is 2.95. The second kappa shape index (κ2) is 7.22. The number of nitrogens with one attached hydrogen (secondary N) is 2. The van der Waals surface area contributed by atoms with Crippen molar-refractivity contribution in [3.63, 3.8) is 0 Å². The van der Waals surface area contributed by atoms with Gasteiger partial charge < -0.3 is 15.4 Å². The summed E-state index contributed by atoms with van der Waals surface area (Å²) in [6, 6.07) is 5.86. The molecule has 2 N–H and O–H groups in total. The van der Waals surface area contributed by atoms with Crippen molar-refractivity contribution in [1.82, 2.24) is 5.32 Å². The van der Waals surface area contributed by atoms with E-state index in [9.17, 15) is 9.59 Å². The number of rotatable bonds is 4. The molecule has 114 valence electrons. The second-order valence-corrected chi connectivity index (χ2v) is 5.53. The quantitative estimate of drug-likeness (QED) is 0.888. The van der Waals surface area contributed by atoms with Gasteiger partial charge in [-0.25, -0.2) is 0 Å². The predicted molar refractivity (Wildman–Crippen MR) is 81.1 cm³/mol. The van der Waals surface area contributed by atoms with Gasteiger partial charge in [0.1, 0.15) is 0 Å². The fraction of sp³-hybridized carbons (Fsp3) is 0.500. The lowest BCUT2D eigenvalue weighted by molar-refractivity contribution is -0.129. The molecule has 1 aliphatic heterocycles. The van der Waals surface area contributed by atoms with Crippen molar-refractivity contribution in [2.24, 2.45) is 5.92 Å². The van der Waals surface area contributed by atoms with Crippen LogP contribution in [0.5, 0.6) is 0 Å². The molecule has 1 aromatic carbocycles. The number of ether oxygens (including phenoxy) is 1. The summed E-state index contributed by atoms with van der Waals surface area (Å²) < 4.78 is 5.22. The molecule has 1 aliphatic rings. The maximum atomic E-state index is 11.9. The average Bonchev–Trinajstić information content (AvgIpc) is 2.44. The molecule has 1 saturated heterocycles. The molecule has 0 spiro atoms. The Labute approximate surface area is 125 Å². The zero-order valence-corrected chi connectivity index (χ0v) is 12.6. The molecule has 0 saturated carbocycles. The first-order valence-corrected chi connectivity index (χ1v) is 7.28. The largest absolute Gasteiger partial charge is 0.381 e. The minimum absolute atomic E-state index is 0.00315. The average molecular weight is 290 g/mol. The van der Waals surface area contributed by atoms with Gasteiger partial charge in [0.05, 0.1) is 6.54 Å². The van der Waals surface area contributed by atoms with E-state index in [4.69, 9.17) is 4.74 Å². The molecule has 0 radical (unpaired) electrons. The first-order valence-electron chi connectivity index (χ1n) is 7.28. The summed E-state index contributed by atoms with van der Waals surface area (Å²) in [5.74, 6) is -0.304. The van der Waals surface area contributed by atoms with E-state index in [2.05, 4.69) is 10.6 Å². The number of aryl methyl sites for hydroxylation is 2. The van der Waals surface area contributed by atoms with Crippen LogP contribution >= 0.6 is 0 Å². The van der Waals surface area contributed by atoms with Crippen LogP contribution in [0.1, 0.15) is 24.0 Å². The molecule has 0 unspecified atom stereocenters. The van der Waals surface area contributed by atoms with Gasteiger partial charge in [-0.2, -0.15) is 0 Å². The van der Waals surface area contributed by atoms with Gasteiger partial charge in [0.15, 0.2) is 0 Å². The van der Waals surface area contributed by atoms with E-state index in [1.54, 1.807) is 0 Å². The third-order valence-electron chi connectivity index (χ3n) is 3.52. The number of carbonyl (C=O) groups is 2. The fourth-order valence-corrected chi connectivity index (χ4v) is 2.52. The third kappa shape index (κ3) is 4.86. The zero-order chi connectivity index (χ0) is 15.2. The normalized spacial score (nSPS) is 15.5. The molecule has 0 aliphatic carbocycles. The number of hydrogen-bond acceptors (Lipinski definition) is 3. The van der Waals surface area contributed by atoms with Crippen LogP contribution in [0, 0.1) is 19.8 Å². The Bertz CT molecular complexity index is 502. The van der Waals surface area contributed by atoms with Crippen molar-refractivity contribution in [2.45, 2.75) is 26.7 Å². The van der Waals surface area contributed by atoms with Gasteiger partial charge in [0, 0.05) is 24.8 Å². The Balaban J connectivity index is 1.80. The maximum absolute atomic E-state index is 11.9. The number of carbonyl (C=O) groups excluding carboxylic acids is 2. The summed E-state index contributed by atoms with van der Waals surface area (Å²) >= 11 is 0. The highest BCUT2D eigenvalue weighted by atomic mass is 16.5. The van der Waals surface area contributed by atoms with E-state index < -0.39 is 0 Å². The minimum Gasteiger partial charge on any atom is -0.381 e. The number of benzene rings is 1. The lowest BCUT2D eigenvalue weighted by atomic mass is 9.99. The van der Waals surface area contributed by atoms with Gasteiger partial charge in [-0.3, -0.25) is 9.59 Å². The van der Waals surface area contributed by atoms with Crippen molar-refractivity contribution in [3.05, 3.63) is 29.3 Å². The molecule has 2 rings (SSSR count). The van der Waals surface area contributed by atoms with Crippen LogP contribution in [0.2, 0.25) is 0 Å². The molecule has 1 fully saturated rings. The number of hydrogen-bond donors (Lipinski definition) is 2. The molecule has 5 heteroatoms. The van der Waals surface area contributed by atoms with Crippen LogP contribution in [0.4, 0.5) is 5.69 Å². The summed E-state index contributed by atoms with van der Waals surface area (Å²) in [6.45, 7) is 5.20.